The van der Waals surface area contributed by atoms with E-state index in [4.69, 9.17) is 0 Å². The molecule has 0 aliphatic carbocycles. The molecule has 0 saturated carbocycles. The molecule has 0 aliphatic rings. The predicted molar refractivity (Wildman–Crippen MR) is 92.1 cm³/mol. The molecule has 0 N–H and O–H groups in total. The summed E-state index contributed by atoms with van der Waals surface area (Å²) in [6, 6.07) is 10.7. The molecule has 0 amide bonds. The zero-order valence-electron chi connectivity index (χ0n) is 13.4. The number of nitrogens with zero attached hydrogens (tertiary/aromatic N) is 5. The summed E-state index contributed by atoms with van der Waals surface area (Å²) in [6.45, 7) is 9.13. The third-order valence-corrected chi connectivity index (χ3v) is 3.72. The van der Waals surface area contributed by atoms with Gasteiger partial charge in [-0.1, -0.05) is 33.3 Å². The van der Waals surface area contributed by atoms with E-state index < -0.39 is 0 Å². The highest BCUT2D eigenvalue weighted by molar-refractivity contribution is 9.10. The first-order valence-corrected chi connectivity index (χ1v) is 8.23. The van der Waals surface area contributed by atoms with Crippen molar-refractivity contribution in [3.05, 3.63) is 46.6 Å². The second-order valence-electron chi connectivity index (χ2n) is 5.75. The summed E-state index contributed by atoms with van der Waals surface area (Å²) in [5.41, 5.74) is 1.20. The van der Waals surface area contributed by atoms with Gasteiger partial charge in [0.15, 0.2) is 5.82 Å². The lowest BCUT2D eigenvalue weighted by Crippen LogP contribution is -2.31. The molecule has 1 aromatic carbocycles. The van der Waals surface area contributed by atoms with E-state index in [0.717, 1.165) is 11.0 Å². The summed E-state index contributed by atoms with van der Waals surface area (Å²) in [5.74, 6) is 0.628. The van der Waals surface area contributed by atoms with Crippen LogP contribution in [0.1, 0.15) is 33.3 Å². The van der Waals surface area contributed by atoms with E-state index in [0.29, 0.717) is 17.9 Å². The average Bonchev–Trinajstić information content (AvgIpc) is 2.88. The van der Waals surface area contributed by atoms with Crippen LogP contribution in [0.3, 0.4) is 0 Å². The molecule has 1 heterocycles. The third kappa shape index (κ3) is 4.66. The van der Waals surface area contributed by atoms with Crippen molar-refractivity contribution >= 4 is 21.7 Å². The first-order valence-electron chi connectivity index (χ1n) is 7.43. The molecule has 0 fully saturated rings. The van der Waals surface area contributed by atoms with Crippen molar-refractivity contribution in [2.45, 2.75) is 46.3 Å². The van der Waals surface area contributed by atoms with Crippen LogP contribution in [-0.4, -0.2) is 26.9 Å². The lowest BCUT2D eigenvalue weighted by molar-refractivity contribution is 0.169. The molecule has 0 saturated heterocycles. The van der Waals surface area contributed by atoms with Gasteiger partial charge >= 0.3 is 0 Å². The molecule has 22 heavy (non-hydrogen) atoms. The Hall–Kier alpha value is -1.69. The maximum absolute atomic E-state index is 4.44. The molecule has 5 nitrogen and oxygen atoms in total. The van der Waals surface area contributed by atoms with E-state index >= 15 is 0 Å². The van der Waals surface area contributed by atoms with Crippen LogP contribution in [-0.2, 0) is 6.54 Å². The van der Waals surface area contributed by atoms with Crippen molar-refractivity contribution in [2.24, 2.45) is 10.3 Å². The molecule has 2 rings (SSSR count). The molecule has 0 unspecified atom stereocenters. The number of rotatable bonds is 6. The molecule has 0 atom stereocenters. The van der Waals surface area contributed by atoms with Gasteiger partial charge in [0.05, 0.1) is 6.54 Å². The van der Waals surface area contributed by atoms with Crippen LogP contribution in [0.15, 0.2) is 51.3 Å². The van der Waals surface area contributed by atoms with Gasteiger partial charge in [0.25, 0.3) is 0 Å². The van der Waals surface area contributed by atoms with Crippen LogP contribution in [0.5, 0.6) is 0 Å². The minimum Gasteiger partial charge on any atom is -0.273 e. The molecule has 0 aliphatic heterocycles. The van der Waals surface area contributed by atoms with Gasteiger partial charge < -0.3 is 0 Å². The van der Waals surface area contributed by atoms with E-state index in [9.17, 15) is 0 Å². The monoisotopic (exact) mass is 363 g/mol. The summed E-state index contributed by atoms with van der Waals surface area (Å²) < 4.78 is 2.95. The minimum absolute atomic E-state index is 0.314. The normalized spacial score (nSPS) is 11.8. The van der Waals surface area contributed by atoms with E-state index in [1.165, 1.54) is 5.56 Å². The zero-order valence-corrected chi connectivity index (χ0v) is 15.0. The Labute approximate surface area is 140 Å². The smallest absolute Gasteiger partial charge is 0.197 e. The van der Waals surface area contributed by atoms with Crippen LogP contribution >= 0.6 is 15.9 Å². The molecule has 0 bridgehead atoms. The number of aromatic nitrogens is 2. The first-order chi connectivity index (χ1) is 10.5. The van der Waals surface area contributed by atoms with Gasteiger partial charge in [0.2, 0.25) is 0 Å². The maximum Gasteiger partial charge on any atom is 0.197 e. The van der Waals surface area contributed by atoms with Gasteiger partial charge in [-0.2, -0.15) is 5.10 Å². The van der Waals surface area contributed by atoms with Crippen molar-refractivity contribution in [1.82, 2.24) is 14.8 Å². The van der Waals surface area contributed by atoms with Crippen molar-refractivity contribution < 1.29 is 0 Å². The topological polar surface area (TPSA) is 45.8 Å². The highest BCUT2D eigenvalue weighted by atomic mass is 79.9. The zero-order chi connectivity index (χ0) is 16.1. The van der Waals surface area contributed by atoms with Crippen LogP contribution in [0, 0.1) is 0 Å². The van der Waals surface area contributed by atoms with E-state index in [-0.39, 0.29) is 0 Å². The molecule has 6 heteroatoms. The number of benzene rings is 1. The lowest BCUT2D eigenvalue weighted by atomic mass is 10.2. The Morgan fingerprint density at radius 1 is 1.09 bits per heavy atom. The van der Waals surface area contributed by atoms with Gasteiger partial charge in [-0.25, -0.2) is 0 Å². The summed E-state index contributed by atoms with van der Waals surface area (Å²) >= 11 is 3.44. The fraction of sp³-hybridized carbons (Fsp3) is 0.438. The summed E-state index contributed by atoms with van der Waals surface area (Å²) in [4.78, 5) is 0. The molecule has 0 radical (unpaired) electrons. The standard InChI is InChI=1S/C16H22BrN5/c1-12(2)22(13(3)4)20-18-16-9-10-21(19-16)11-14-5-7-15(17)8-6-14/h5-10,12-13H,11H2,1-4H3. The highest BCUT2D eigenvalue weighted by Crippen LogP contribution is 2.15. The highest BCUT2D eigenvalue weighted by Gasteiger charge is 2.10. The lowest BCUT2D eigenvalue weighted by Gasteiger charge is -2.25. The fourth-order valence-electron chi connectivity index (χ4n) is 2.17. The molecule has 0 spiro atoms. The van der Waals surface area contributed by atoms with Crippen LogP contribution < -0.4 is 0 Å². The molecular formula is C16H22BrN5. The fourth-order valence-corrected chi connectivity index (χ4v) is 2.43. The first kappa shape index (κ1) is 16.7. The number of hydrogen-bond acceptors (Lipinski definition) is 3. The van der Waals surface area contributed by atoms with Gasteiger partial charge in [0, 0.05) is 28.8 Å². The number of halogens is 1. The van der Waals surface area contributed by atoms with Gasteiger partial charge in [-0.05, 0) is 45.4 Å². The Bertz CT molecular complexity index is 608. The Morgan fingerprint density at radius 3 is 2.32 bits per heavy atom. The maximum atomic E-state index is 4.44. The summed E-state index contributed by atoms with van der Waals surface area (Å²) in [6.07, 6.45) is 1.92. The van der Waals surface area contributed by atoms with E-state index in [1.807, 2.05) is 34.1 Å². The second kappa shape index (κ2) is 7.54. The van der Waals surface area contributed by atoms with Crippen LogP contribution in [0.4, 0.5) is 5.82 Å². The van der Waals surface area contributed by atoms with E-state index in [2.05, 4.69) is 71.2 Å². The van der Waals surface area contributed by atoms with Gasteiger partial charge in [-0.3, -0.25) is 9.69 Å². The molecule has 2 aromatic rings. The minimum atomic E-state index is 0.314. The third-order valence-electron chi connectivity index (χ3n) is 3.19. The summed E-state index contributed by atoms with van der Waals surface area (Å²) in [5, 5.41) is 14.9. The average molecular weight is 364 g/mol. The second-order valence-corrected chi connectivity index (χ2v) is 6.67. The van der Waals surface area contributed by atoms with Crippen molar-refractivity contribution in [1.29, 1.82) is 0 Å². The molecule has 1 aromatic heterocycles. The predicted octanol–water partition coefficient (Wildman–Crippen LogP) is 4.81. The number of hydrogen-bond donors (Lipinski definition) is 0. The van der Waals surface area contributed by atoms with E-state index in [1.54, 1.807) is 0 Å². The Kier molecular flexibility index (Phi) is 5.71. The van der Waals surface area contributed by atoms with Crippen LogP contribution in [0.2, 0.25) is 0 Å². The van der Waals surface area contributed by atoms with Gasteiger partial charge in [-0.15, -0.1) is 5.11 Å². The van der Waals surface area contributed by atoms with Crippen molar-refractivity contribution in [3.63, 3.8) is 0 Å². The molecular weight excluding hydrogens is 342 g/mol. The quantitative estimate of drug-likeness (QED) is 0.545. The summed E-state index contributed by atoms with van der Waals surface area (Å²) in [7, 11) is 0. The van der Waals surface area contributed by atoms with Gasteiger partial charge in [0.1, 0.15) is 0 Å². The Morgan fingerprint density at radius 2 is 1.73 bits per heavy atom. The van der Waals surface area contributed by atoms with Crippen molar-refractivity contribution in [3.8, 4) is 0 Å². The Balaban J connectivity index is 2.03. The van der Waals surface area contributed by atoms with Crippen LogP contribution in [0.25, 0.3) is 0 Å². The SMILES string of the molecule is CC(C)N(N=Nc1ccn(Cc2ccc(Br)cc2)n1)C(C)C. The molecule has 118 valence electrons. The largest absolute Gasteiger partial charge is 0.273 e. The van der Waals surface area contributed by atoms with Crippen molar-refractivity contribution in [2.75, 3.05) is 0 Å².